The number of benzene rings is 1. The summed E-state index contributed by atoms with van der Waals surface area (Å²) in [5.41, 5.74) is 0.728. The van der Waals surface area contributed by atoms with Crippen LogP contribution in [0.4, 0.5) is 4.39 Å². The summed E-state index contributed by atoms with van der Waals surface area (Å²) < 4.78 is 21.5. The lowest BCUT2D eigenvalue weighted by atomic mass is 10.1. The van der Waals surface area contributed by atoms with Crippen LogP contribution < -0.4 is 5.32 Å². The van der Waals surface area contributed by atoms with Crippen LogP contribution in [0.2, 0.25) is 0 Å². The highest BCUT2D eigenvalue weighted by atomic mass is 32.2. The molecule has 0 saturated heterocycles. The average molecular weight is 428 g/mol. The molecule has 0 saturated carbocycles. The summed E-state index contributed by atoms with van der Waals surface area (Å²) in [6.45, 7) is 5.94. The van der Waals surface area contributed by atoms with Crippen molar-refractivity contribution in [1.82, 2.24) is 20.1 Å². The zero-order chi connectivity index (χ0) is 21.5. The highest BCUT2D eigenvalue weighted by Crippen LogP contribution is 2.25. The number of nitrogens with one attached hydrogen (secondary N) is 1. The van der Waals surface area contributed by atoms with E-state index in [-0.39, 0.29) is 23.0 Å². The van der Waals surface area contributed by atoms with Crippen LogP contribution >= 0.6 is 11.8 Å². The second-order valence-electron chi connectivity index (χ2n) is 6.43. The number of hydrogen-bond donors (Lipinski definition) is 1. The second kappa shape index (κ2) is 10.0. The maximum absolute atomic E-state index is 14.3. The van der Waals surface area contributed by atoms with E-state index >= 15 is 0 Å². The summed E-state index contributed by atoms with van der Waals surface area (Å²) in [5, 5.41) is 11.5. The van der Waals surface area contributed by atoms with Crippen molar-refractivity contribution in [3.05, 3.63) is 66.2 Å². The van der Waals surface area contributed by atoms with Gasteiger partial charge in [0.05, 0.1) is 12.0 Å². The fourth-order valence-electron chi connectivity index (χ4n) is 2.79. The number of aromatic nitrogens is 3. The molecule has 0 aliphatic heterocycles. The number of nitrogens with zero attached hydrogens (tertiary/aromatic N) is 3. The van der Waals surface area contributed by atoms with Gasteiger partial charge in [0.15, 0.2) is 16.7 Å². The lowest BCUT2D eigenvalue weighted by molar-refractivity contribution is -0.118. The van der Waals surface area contributed by atoms with E-state index in [0.717, 1.165) is 0 Å². The van der Waals surface area contributed by atoms with Crippen molar-refractivity contribution < 1.29 is 18.4 Å². The number of carbonyl (C=O) groups excluding carboxylic acids is 2. The third kappa shape index (κ3) is 5.24. The van der Waals surface area contributed by atoms with Crippen molar-refractivity contribution >= 4 is 23.5 Å². The average Bonchev–Trinajstić information content (AvgIpc) is 3.37. The van der Waals surface area contributed by atoms with Gasteiger partial charge in [-0.2, -0.15) is 0 Å². The molecule has 30 heavy (non-hydrogen) atoms. The number of halogens is 1. The van der Waals surface area contributed by atoms with Crippen LogP contribution in [0.5, 0.6) is 0 Å². The van der Waals surface area contributed by atoms with Crippen molar-refractivity contribution in [1.29, 1.82) is 0 Å². The zero-order valence-corrected chi connectivity index (χ0v) is 17.2. The van der Waals surface area contributed by atoms with Crippen LogP contribution in [-0.2, 0) is 17.8 Å². The molecule has 1 N–H and O–H groups in total. The molecule has 3 aromatic rings. The summed E-state index contributed by atoms with van der Waals surface area (Å²) >= 11 is 1.22. The van der Waals surface area contributed by atoms with Gasteiger partial charge in [-0.25, -0.2) is 4.39 Å². The van der Waals surface area contributed by atoms with Gasteiger partial charge < -0.3 is 9.73 Å². The van der Waals surface area contributed by atoms with Gasteiger partial charge >= 0.3 is 0 Å². The summed E-state index contributed by atoms with van der Waals surface area (Å²) in [5.74, 6) is 0.340. The maximum atomic E-state index is 14.3. The van der Waals surface area contributed by atoms with Crippen molar-refractivity contribution in [2.75, 3.05) is 12.3 Å². The summed E-state index contributed by atoms with van der Waals surface area (Å²) in [6.07, 6.45) is 3.61. The minimum Gasteiger partial charge on any atom is -0.461 e. The Kier molecular flexibility index (Phi) is 7.18. The van der Waals surface area contributed by atoms with Gasteiger partial charge in [-0.3, -0.25) is 14.2 Å². The number of allylic oxidation sites excluding steroid dienone is 1. The SMILES string of the molecule is C=CCn1c(SCC(=O)c2ccc(CCNC(C)=O)c(F)c2)nnc1-c1ccco1. The first-order valence-corrected chi connectivity index (χ1v) is 10.2. The normalized spacial score (nSPS) is 10.7. The Morgan fingerprint density at radius 2 is 2.17 bits per heavy atom. The van der Waals surface area contributed by atoms with E-state index in [0.29, 0.717) is 41.8 Å². The summed E-state index contributed by atoms with van der Waals surface area (Å²) in [6, 6.07) is 7.93. The first kappa shape index (κ1) is 21.5. The highest BCUT2D eigenvalue weighted by Gasteiger charge is 2.17. The van der Waals surface area contributed by atoms with Gasteiger partial charge in [0, 0.05) is 25.6 Å². The topological polar surface area (TPSA) is 90.0 Å². The number of ketones is 1. The predicted molar refractivity (Wildman–Crippen MR) is 112 cm³/mol. The fraction of sp³-hybridized carbons (Fsp3) is 0.238. The standard InChI is InChI=1S/C21H21FN4O3S/c1-3-10-26-20(19-5-4-11-29-19)24-25-21(26)30-13-18(28)16-7-6-15(17(22)12-16)8-9-23-14(2)27/h3-7,11-12H,1,8-10,13H2,2H3,(H,23,27). The lowest BCUT2D eigenvalue weighted by Gasteiger charge is -2.08. The molecule has 7 nitrogen and oxygen atoms in total. The minimum atomic E-state index is -0.467. The second-order valence-corrected chi connectivity index (χ2v) is 7.38. The Bertz CT molecular complexity index is 1050. The van der Waals surface area contributed by atoms with Gasteiger partial charge in [0.1, 0.15) is 5.82 Å². The Hall–Kier alpha value is -3.20. The molecule has 1 aromatic carbocycles. The summed E-state index contributed by atoms with van der Waals surface area (Å²) in [4.78, 5) is 23.5. The third-order valence-corrected chi connectivity index (χ3v) is 5.21. The molecule has 1 amide bonds. The fourth-order valence-corrected chi connectivity index (χ4v) is 3.63. The molecule has 0 fully saturated rings. The Balaban J connectivity index is 1.66. The van der Waals surface area contributed by atoms with Crippen molar-refractivity contribution in [2.24, 2.45) is 0 Å². The molecule has 2 aromatic heterocycles. The smallest absolute Gasteiger partial charge is 0.216 e. The largest absolute Gasteiger partial charge is 0.461 e. The third-order valence-electron chi connectivity index (χ3n) is 4.25. The van der Waals surface area contributed by atoms with E-state index in [1.54, 1.807) is 41.2 Å². The first-order valence-electron chi connectivity index (χ1n) is 9.26. The van der Waals surface area contributed by atoms with Crippen LogP contribution in [-0.4, -0.2) is 38.8 Å². The van der Waals surface area contributed by atoms with E-state index in [2.05, 4.69) is 22.1 Å². The van der Waals surface area contributed by atoms with Crippen molar-refractivity contribution in [3.8, 4) is 11.6 Å². The van der Waals surface area contributed by atoms with E-state index in [9.17, 15) is 14.0 Å². The van der Waals surface area contributed by atoms with Crippen molar-refractivity contribution in [3.63, 3.8) is 0 Å². The van der Waals surface area contributed by atoms with Gasteiger partial charge in [-0.15, -0.1) is 16.8 Å². The Morgan fingerprint density at radius 1 is 1.33 bits per heavy atom. The zero-order valence-electron chi connectivity index (χ0n) is 16.4. The minimum absolute atomic E-state index is 0.0815. The van der Waals surface area contributed by atoms with Crippen LogP contribution in [0.3, 0.4) is 0 Å². The molecule has 0 radical (unpaired) electrons. The van der Waals surface area contributed by atoms with E-state index in [1.807, 2.05) is 0 Å². The summed E-state index contributed by atoms with van der Waals surface area (Å²) in [7, 11) is 0. The monoisotopic (exact) mass is 428 g/mol. The molecule has 2 heterocycles. The van der Waals surface area contributed by atoms with E-state index in [1.165, 1.54) is 24.8 Å². The van der Waals surface area contributed by atoms with Gasteiger partial charge in [0.25, 0.3) is 0 Å². The molecular formula is C21H21FN4O3S. The number of furan rings is 1. The van der Waals surface area contributed by atoms with Crippen LogP contribution in [0.1, 0.15) is 22.8 Å². The molecule has 3 rings (SSSR count). The predicted octanol–water partition coefficient (Wildman–Crippen LogP) is 3.52. The molecule has 0 unspecified atom stereocenters. The molecule has 156 valence electrons. The van der Waals surface area contributed by atoms with E-state index < -0.39 is 5.82 Å². The highest BCUT2D eigenvalue weighted by molar-refractivity contribution is 7.99. The number of thioether (sulfide) groups is 1. The number of carbonyl (C=O) groups is 2. The van der Waals surface area contributed by atoms with Crippen LogP contribution in [0.15, 0.2) is 58.8 Å². The Morgan fingerprint density at radius 3 is 2.83 bits per heavy atom. The van der Waals surface area contributed by atoms with Crippen LogP contribution in [0.25, 0.3) is 11.6 Å². The van der Waals surface area contributed by atoms with Crippen LogP contribution in [0, 0.1) is 5.82 Å². The molecule has 0 atom stereocenters. The van der Waals surface area contributed by atoms with Gasteiger partial charge in [-0.05, 0) is 30.2 Å². The number of hydrogen-bond acceptors (Lipinski definition) is 6. The molecule has 0 aliphatic carbocycles. The lowest BCUT2D eigenvalue weighted by Crippen LogP contribution is -2.22. The van der Waals surface area contributed by atoms with E-state index in [4.69, 9.17) is 4.42 Å². The quantitative estimate of drug-likeness (QED) is 0.302. The molecule has 0 spiro atoms. The first-order chi connectivity index (χ1) is 14.5. The van der Waals surface area contributed by atoms with Crippen molar-refractivity contribution in [2.45, 2.75) is 25.0 Å². The molecule has 9 heteroatoms. The number of Topliss-reactive ketones (excluding diaryl/α,β-unsaturated/α-hetero) is 1. The molecule has 0 bridgehead atoms. The number of amides is 1. The Labute approximate surface area is 177 Å². The van der Waals surface area contributed by atoms with Gasteiger partial charge in [-0.1, -0.05) is 30.0 Å². The number of rotatable bonds is 10. The van der Waals surface area contributed by atoms with Gasteiger partial charge in [0.2, 0.25) is 11.7 Å². The molecule has 0 aliphatic rings. The molecular weight excluding hydrogens is 407 g/mol. The maximum Gasteiger partial charge on any atom is 0.216 e.